The van der Waals surface area contributed by atoms with Crippen LogP contribution in [0.5, 0.6) is 0 Å². The van der Waals surface area contributed by atoms with Crippen LogP contribution in [-0.4, -0.2) is 11.0 Å². The van der Waals surface area contributed by atoms with Crippen LogP contribution in [0.1, 0.15) is 24.5 Å². The van der Waals surface area contributed by atoms with Crippen LogP contribution in [0, 0.1) is 5.92 Å². The van der Waals surface area contributed by atoms with Crippen LogP contribution in [0.3, 0.4) is 0 Å². The van der Waals surface area contributed by atoms with Crippen LogP contribution in [0.2, 0.25) is 0 Å². The van der Waals surface area contributed by atoms with Gasteiger partial charge in [-0.3, -0.25) is 0 Å². The molecular weight excluding hydrogens is 287 g/mol. The molecule has 0 saturated heterocycles. The lowest BCUT2D eigenvalue weighted by Crippen LogP contribution is -2.07. The van der Waals surface area contributed by atoms with Crippen molar-refractivity contribution in [3.63, 3.8) is 0 Å². The van der Waals surface area contributed by atoms with Gasteiger partial charge < -0.3 is 4.74 Å². The Morgan fingerprint density at radius 3 is 2.57 bits per heavy atom. The van der Waals surface area contributed by atoms with Crippen molar-refractivity contribution in [3.05, 3.63) is 35.9 Å². The predicted octanol–water partition coefficient (Wildman–Crippen LogP) is 3.59. The lowest BCUT2D eigenvalue weighted by molar-refractivity contribution is 0.0630. The van der Waals surface area contributed by atoms with Crippen LogP contribution in [0.15, 0.2) is 30.3 Å². The third-order valence-corrected chi connectivity index (χ3v) is 3.34. The number of rotatable bonds is 5. The van der Waals surface area contributed by atoms with E-state index >= 15 is 0 Å². The molecule has 0 heterocycles. The summed E-state index contributed by atoms with van der Waals surface area (Å²) in [6, 6.07) is 10.5. The normalized spacial score (nSPS) is 18.1. The highest BCUT2D eigenvalue weighted by molar-refractivity contribution is 14.1. The van der Waals surface area contributed by atoms with Gasteiger partial charge in [-0.25, -0.2) is 0 Å². The molecule has 1 fully saturated rings. The summed E-state index contributed by atoms with van der Waals surface area (Å²) in [5.74, 6) is 0.851. The van der Waals surface area contributed by atoms with Gasteiger partial charge in [0.15, 0.2) is 0 Å². The average molecular weight is 302 g/mol. The molecule has 1 saturated carbocycles. The molecule has 0 spiro atoms. The minimum absolute atomic E-state index is 0.289. The van der Waals surface area contributed by atoms with Gasteiger partial charge in [0.1, 0.15) is 0 Å². The van der Waals surface area contributed by atoms with Crippen molar-refractivity contribution in [1.82, 2.24) is 0 Å². The quantitative estimate of drug-likeness (QED) is 0.596. The zero-order valence-corrected chi connectivity index (χ0v) is 10.3. The smallest absolute Gasteiger partial charge is 0.0914 e. The number of ether oxygens (including phenoxy) is 1. The summed E-state index contributed by atoms with van der Waals surface area (Å²) < 4.78 is 6.93. The van der Waals surface area contributed by atoms with E-state index in [-0.39, 0.29) is 6.10 Å². The van der Waals surface area contributed by atoms with Crippen LogP contribution < -0.4 is 0 Å². The molecule has 1 aliphatic carbocycles. The first-order valence-electron chi connectivity index (χ1n) is 5.12. The molecule has 1 nitrogen and oxygen atoms in total. The summed E-state index contributed by atoms with van der Waals surface area (Å²) in [4.78, 5) is 0. The fourth-order valence-electron chi connectivity index (χ4n) is 1.43. The standard InChI is InChI=1S/C12H15IO/c13-8-12(14-9-10-6-7-10)11-4-2-1-3-5-11/h1-5,10,12H,6-9H2. The van der Waals surface area contributed by atoms with Crippen molar-refractivity contribution in [3.8, 4) is 0 Å². The minimum Gasteiger partial charge on any atom is -0.372 e. The Morgan fingerprint density at radius 1 is 1.29 bits per heavy atom. The second-order valence-corrected chi connectivity index (χ2v) is 4.71. The van der Waals surface area contributed by atoms with Crippen LogP contribution in [-0.2, 0) is 4.74 Å². The highest BCUT2D eigenvalue weighted by Crippen LogP contribution is 2.31. The first kappa shape index (κ1) is 10.4. The zero-order valence-electron chi connectivity index (χ0n) is 8.16. The van der Waals surface area contributed by atoms with Gasteiger partial charge in [0.25, 0.3) is 0 Å². The van der Waals surface area contributed by atoms with Gasteiger partial charge in [0.2, 0.25) is 0 Å². The van der Waals surface area contributed by atoms with E-state index in [1.807, 2.05) is 0 Å². The highest BCUT2D eigenvalue weighted by Gasteiger charge is 2.23. The molecule has 2 rings (SSSR count). The van der Waals surface area contributed by atoms with Gasteiger partial charge in [-0.05, 0) is 24.3 Å². The van der Waals surface area contributed by atoms with E-state index in [1.54, 1.807) is 0 Å². The fourth-order valence-corrected chi connectivity index (χ4v) is 2.20. The molecule has 1 unspecified atom stereocenters. The summed E-state index contributed by atoms with van der Waals surface area (Å²) in [5.41, 5.74) is 1.31. The Balaban J connectivity index is 1.90. The molecule has 1 aromatic rings. The highest BCUT2D eigenvalue weighted by atomic mass is 127. The van der Waals surface area contributed by atoms with E-state index in [4.69, 9.17) is 4.74 Å². The molecule has 0 N–H and O–H groups in total. The Kier molecular flexibility index (Phi) is 3.81. The number of alkyl halides is 1. The van der Waals surface area contributed by atoms with E-state index < -0.39 is 0 Å². The first-order chi connectivity index (χ1) is 6.90. The average Bonchev–Trinajstić information content (AvgIpc) is 3.04. The van der Waals surface area contributed by atoms with Crippen molar-refractivity contribution < 1.29 is 4.74 Å². The maximum Gasteiger partial charge on any atom is 0.0914 e. The first-order valence-corrected chi connectivity index (χ1v) is 6.65. The summed E-state index contributed by atoms with van der Waals surface area (Å²) in [7, 11) is 0. The summed E-state index contributed by atoms with van der Waals surface area (Å²) >= 11 is 2.40. The molecule has 2 heteroatoms. The van der Waals surface area contributed by atoms with Gasteiger partial charge in [-0.2, -0.15) is 0 Å². The molecule has 0 aromatic heterocycles. The summed E-state index contributed by atoms with van der Waals surface area (Å²) in [6.07, 6.45) is 3.02. The molecule has 76 valence electrons. The molecular formula is C12H15IO. The van der Waals surface area contributed by atoms with E-state index in [9.17, 15) is 0 Å². The van der Waals surface area contributed by atoms with Gasteiger partial charge in [-0.1, -0.05) is 52.9 Å². The van der Waals surface area contributed by atoms with Gasteiger partial charge in [0.05, 0.1) is 12.7 Å². The van der Waals surface area contributed by atoms with Crippen molar-refractivity contribution in [1.29, 1.82) is 0 Å². The number of halogens is 1. The third-order valence-electron chi connectivity index (χ3n) is 2.54. The SMILES string of the molecule is ICC(OCC1CC1)c1ccccc1. The Morgan fingerprint density at radius 2 is 2.00 bits per heavy atom. The van der Waals surface area contributed by atoms with Crippen LogP contribution >= 0.6 is 22.6 Å². The Hall–Kier alpha value is -0.0900. The Bertz CT molecular complexity index is 269. The molecule has 0 amide bonds. The molecule has 0 radical (unpaired) electrons. The minimum atomic E-state index is 0.289. The second-order valence-electron chi connectivity index (χ2n) is 3.83. The molecule has 1 aromatic carbocycles. The molecule has 0 bridgehead atoms. The van der Waals surface area contributed by atoms with E-state index in [0.29, 0.717) is 0 Å². The number of benzene rings is 1. The van der Waals surface area contributed by atoms with Crippen molar-refractivity contribution in [2.75, 3.05) is 11.0 Å². The third kappa shape index (κ3) is 2.95. The predicted molar refractivity (Wildman–Crippen MR) is 66.7 cm³/mol. The maximum atomic E-state index is 5.89. The lowest BCUT2D eigenvalue weighted by Gasteiger charge is -2.15. The molecule has 0 aliphatic heterocycles. The summed E-state index contributed by atoms with van der Waals surface area (Å²) in [6.45, 7) is 0.947. The van der Waals surface area contributed by atoms with E-state index in [1.165, 1.54) is 18.4 Å². The lowest BCUT2D eigenvalue weighted by atomic mass is 10.1. The zero-order chi connectivity index (χ0) is 9.80. The monoisotopic (exact) mass is 302 g/mol. The van der Waals surface area contributed by atoms with E-state index in [0.717, 1.165) is 17.0 Å². The van der Waals surface area contributed by atoms with Gasteiger partial charge in [-0.15, -0.1) is 0 Å². The summed E-state index contributed by atoms with van der Waals surface area (Å²) in [5, 5.41) is 0. The van der Waals surface area contributed by atoms with Crippen molar-refractivity contribution >= 4 is 22.6 Å². The van der Waals surface area contributed by atoms with Gasteiger partial charge in [0, 0.05) is 4.43 Å². The van der Waals surface area contributed by atoms with Gasteiger partial charge >= 0.3 is 0 Å². The van der Waals surface area contributed by atoms with E-state index in [2.05, 4.69) is 52.9 Å². The largest absolute Gasteiger partial charge is 0.372 e. The van der Waals surface area contributed by atoms with Crippen molar-refractivity contribution in [2.45, 2.75) is 18.9 Å². The number of hydrogen-bond acceptors (Lipinski definition) is 1. The topological polar surface area (TPSA) is 9.23 Å². The van der Waals surface area contributed by atoms with Crippen LogP contribution in [0.4, 0.5) is 0 Å². The Labute approximate surface area is 99.0 Å². The van der Waals surface area contributed by atoms with Crippen molar-refractivity contribution in [2.24, 2.45) is 5.92 Å². The molecule has 1 atom stereocenters. The molecule has 14 heavy (non-hydrogen) atoms. The molecule has 1 aliphatic rings. The van der Waals surface area contributed by atoms with Crippen LogP contribution in [0.25, 0.3) is 0 Å². The second kappa shape index (κ2) is 5.12. The number of hydrogen-bond donors (Lipinski definition) is 0. The maximum absolute atomic E-state index is 5.89. The fraction of sp³-hybridized carbons (Fsp3) is 0.500.